The molecule has 0 aromatic carbocycles. The topological polar surface area (TPSA) is 51.3 Å². The number of hydrogen-bond donors (Lipinski definition) is 1. The van der Waals surface area contributed by atoms with Crippen molar-refractivity contribution in [3.8, 4) is 0 Å². The van der Waals surface area contributed by atoms with Crippen LogP contribution in [0.3, 0.4) is 0 Å². The molecule has 4 nitrogen and oxygen atoms in total. The Balaban J connectivity index is 1.80. The maximum absolute atomic E-state index is 12.9. The summed E-state index contributed by atoms with van der Waals surface area (Å²) < 4.78 is 3.02. The summed E-state index contributed by atoms with van der Waals surface area (Å²) in [6, 6.07) is 2.48. The maximum Gasteiger partial charge on any atom is 0.270 e. The lowest BCUT2D eigenvalue weighted by Gasteiger charge is -2.29. The third-order valence-corrected chi connectivity index (χ3v) is 5.47. The van der Waals surface area contributed by atoms with E-state index in [9.17, 15) is 4.79 Å². The lowest BCUT2D eigenvalue weighted by Crippen LogP contribution is -2.38. The van der Waals surface area contributed by atoms with E-state index < -0.39 is 0 Å². The van der Waals surface area contributed by atoms with Gasteiger partial charge < -0.3 is 15.2 Å². The fraction of sp³-hybridized carbons (Fsp3) is 0.688. The summed E-state index contributed by atoms with van der Waals surface area (Å²) in [4.78, 5) is 14.9. The van der Waals surface area contributed by atoms with Gasteiger partial charge in [0.05, 0.1) is 0 Å². The fourth-order valence-corrected chi connectivity index (χ4v) is 4.33. The first-order chi connectivity index (χ1) is 9.97. The Morgan fingerprint density at radius 1 is 1.38 bits per heavy atom. The van der Waals surface area contributed by atoms with Crippen LogP contribution in [-0.4, -0.2) is 34.5 Å². The van der Waals surface area contributed by atoms with Gasteiger partial charge in [-0.1, -0.05) is 6.42 Å². The Bertz CT molecular complexity index is 540. The third kappa shape index (κ3) is 2.78. The van der Waals surface area contributed by atoms with E-state index in [-0.39, 0.29) is 18.0 Å². The first kappa shape index (κ1) is 15.1. The van der Waals surface area contributed by atoms with Crippen LogP contribution in [0.15, 0.2) is 16.7 Å². The Kier molecular flexibility index (Phi) is 4.14. The molecule has 3 unspecified atom stereocenters. The van der Waals surface area contributed by atoms with Gasteiger partial charge in [0, 0.05) is 35.8 Å². The van der Waals surface area contributed by atoms with Gasteiger partial charge in [-0.25, -0.2) is 0 Å². The molecule has 1 aliphatic carbocycles. The molecule has 1 aromatic heterocycles. The monoisotopic (exact) mass is 353 g/mol. The number of nitrogens with zero attached hydrogens (tertiary/aromatic N) is 2. The number of amides is 1. The normalized spacial score (nSPS) is 29.0. The van der Waals surface area contributed by atoms with Gasteiger partial charge in [-0.05, 0) is 60.5 Å². The number of carbonyl (C=O) groups is 1. The smallest absolute Gasteiger partial charge is 0.270 e. The van der Waals surface area contributed by atoms with Crippen LogP contribution in [-0.2, 0) is 0 Å². The molecule has 1 amide bonds. The molecule has 1 aromatic rings. The summed E-state index contributed by atoms with van der Waals surface area (Å²) in [7, 11) is 0. The molecule has 21 heavy (non-hydrogen) atoms. The second-order valence-corrected chi connectivity index (χ2v) is 7.69. The number of halogens is 1. The van der Waals surface area contributed by atoms with Crippen LogP contribution in [0.5, 0.6) is 0 Å². The summed E-state index contributed by atoms with van der Waals surface area (Å²) in [6.07, 6.45) is 5.53. The van der Waals surface area contributed by atoms with Crippen molar-refractivity contribution in [1.29, 1.82) is 0 Å². The highest BCUT2D eigenvalue weighted by atomic mass is 79.9. The number of nitrogens with two attached hydrogens (primary N) is 1. The molecular formula is C16H24BrN3O. The molecule has 0 radical (unpaired) electrons. The van der Waals surface area contributed by atoms with Gasteiger partial charge in [-0.2, -0.15) is 0 Å². The average Bonchev–Trinajstić information content (AvgIpc) is 3.02. The van der Waals surface area contributed by atoms with Crippen molar-refractivity contribution in [2.45, 2.75) is 45.2 Å². The number of hydrogen-bond acceptors (Lipinski definition) is 2. The van der Waals surface area contributed by atoms with Crippen LogP contribution in [0.2, 0.25) is 0 Å². The van der Waals surface area contributed by atoms with Crippen LogP contribution in [0.4, 0.5) is 0 Å². The minimum atomic E-state index is 0.149. The molecule has 1 saturated carbocycles. The summed E-state index contributed by atoms with van der Waals surface area (Å²) in [5, 5.41) is 0. The molecule has 5 heteroatoms. The zero-order valence-corrected chi connectivity index (χ0v) is 14.3. The highest BCUT2D eigenvalue weighted by molar-refractivity contribution is 9.10. The van der Waals surface area contributed by atoms with Crippen LogP contribution >= 0.6 is 15.9 Å². The molecule has 3 rings (SSSR count). The molecule has 0 bridgehead atoms. The second-order valence-electron chi connectivity index (χ2n) is 6.77. The van der Waals surface area contributed by atoms with Crippen molar-refractivity contribution in [1.82, 2.24) is 9.47 Å². The predicted molar refractivity (Wildman–Crippen MR) is 87.2 cm³/mol. The average molecular weight is 354 g/mol. The SMILES string of the molecule is CC(C)n1cc(Br)cc1C(=O)N1CC2CCCC(N)C2C1. The molecule has 2 fully saturated rings. The van der Waals surface area contributed by atoms with Crippen LogP contribution < -0.4 is 5.73 Å². The number of likely N-dealkylation sites (tertiary alicyclic amines) is 1. The van der Waals surface area contributed by atoms with Crippen molar-refractivity contribution in [2.24, 2.45) is 17.6 Å². The summed E-state index contributed by atoms with van der Waals surface area (Å²) in [6.45, 7) is 5.90. The first-order valence-corrected chi connectivity index (χ1v) is 8.69. The molecule has 0 spiro atoms. The van der Waals surface area contributed by atoms with E-state index in [0.29, 0.717) is 11.8 Å². The van der Waals surface area contributed by atoms with Crippen molar-refractivity contribution in [2.75, 3.05) is 13.1 Å². The summed E-state index contributed by atoms with van der Waals surface area (Å²) in [5.74, 6) is 1.24. The molecule has 1 saturated heterocycles. The van der Waals surface area contributed by atoms with Crippen LogP contribution in [0, 0.1) is 11.8 Å². The van der Waals surface area contributed by atoms with E-state index in [1.807, 2.05) is 21.7 Å². The molecule has 2 N–H and O–H groups in total. The van der Waals surface area contributed by atoms with Gasteiger partial charge in [0.15, 0.2) is 0 Å². The molecule has 3 atom stereocenters. The lowest BCUT2D eigenvalue weighted by molar-refractivity contribution is 0.0771. The molecular weight excluding hydrogens is 330 g/mol. The number of rotatable bonds is 2. The summed E-state index contributed by atoms with van der Waals surface area (Å²) >= 11 is 3.49. The van der Waals surface area contributed by atoms with E-state index in [2.05, 4.69) is 29.8 Å². The maximum atomic E-state index is 12.9. The van der Waals surface area contributed by atoms with E-state index >= 15 is 0 Å². The van der Waals surface area contributed by atoms with E-state index in [0.717, 1.165) is 29.7 Å². The Morgan fingerprint density at radius 3 is 2.81 bits per heavy atom. The van der Waals surface area contributed by atoms with E-state index in [1.54, 1.807) is 0 Å². The van der Waals surface area contributed by atoms with Crippen molar-refractivity contribution >= 4 is 21.8 Å². The van der Waals surface area contributed by atoms with Crippen LogP contribution in [0.25, 0.3) is 0 Å². The fourth-order valence-electron chi connectivity index (χ4n) is 3.89. The van der Waals surface area contributed by atoms with Gasteiger partial charge in [0.25, 0.3) is 5.91 Å². The Hall–Kier alpha value is -0.810. The van der Waals surface area contributed by atoms with E-state index in [4.69, 9.17) is 5.73 Å². The molecule has 2 heterocycles. The van der Waals surface area contributed by atoms with Crippen molar-refractivity contribution in [3.05, 3.63) is 22.4 Å². The highest BCUT2D eigenvalue weighted by Gasteiger charge is 2.41. The van der Waals surface area contributed by atoms with Crippen LogP contribution in [0.1, 0.15) is 49.6 Å². The van der Waals surface area contributed by atoms with Gasteiger partial charge >= 0.3 is 0 Å². The summed E-state index contributed by atoms with van der Waals surface area (Å²) in [5.41, 5.74) is 7.03. The van der Waals surface area contributed by atoms with Gasteiger partial charge in [-0.3, -0.25) is 4.79 Å². The molecule has 2 aliphatic rings. The minimum absolute atomic E-state index is 0.149. The number of aromatic nitrogens is 1. The Morgan fingerprint density at radius 2 is 2.14 bits per heavy atom. The minimum Gasteiger partial charge on any atom is -0.340 e. The quantitative estimate of drug-likeness (QED) is 0.888. The highest BCUT2D eigenvalue weighted by Crippen LogP contribution is 2.36. The largest absolute Gasteiger partial charge is 0.340 e. The zero-order valence-electron chi connectivity index (χ0n) is 12.8. The standard InChI is InChI=1S/C16H24BrN3O/c1-10(2)20-8-12(17)6-15(20)16(21)19-7-11-4-3-5-14(18)13(11)9-19/h6,8,10-11,13-14H,3-5,7,9,18H2,1-2H3. The van der Waals surface area contributed by atoms with Crippen molar-refractivity contribution in [3.63, 3.8) is 0 Å². The first-order valence-electron chi connectivity index (χ1n) is 7.89. The predicted octanol–water partition coefficient (Wildman–Crippen LogP) is 3.03. The third-order valence-electron chi connectivity index (χ3n) is 5.03. The molecule has 116 valence electrons. The molecule has 1 aliphatic heterocycles. The number of fused-ring (bicyclic) bond motifs is 1. The van der Waals surface area contributed by atoms with Gasteiger partial charge in [0.1, 0.15) is 5.69 Å². The van der Waals surface area contributed by atoms with Gasteiger partial charge in [0.2, 0.25) is 0 Å². The van der Waals surface area contributed by atoms with E-state index in [1.165, 1.54) is 12.8 Å². The van der Waals surface area contributed by atoms with Crippen molar-refractivity contribution < 1.29 is 4.79 Å². The van der Waals surface area contributed by atoms with Gasteiger partial charge in [-0.15, -0.1) is 0 Å². The second kappa shape index (κ2) is 5.76. The zero-order chi connectivity index (χ0) is 15.1. The Labute approximate surface area is 134 Å². The lowest BCUT2D eigenvalue weighted by atomic mass is 9.78. The number of carbonyl (C=O) groups excluding carboxylic acids is 1.